The summed E-state index contributed by atoms with van der Waals surface area (Å²) in [5.41, 5.74) is 2.88. The number of aromatic amines is 1. The van der Waals surface area contributed by atoms with Crippen molar-refractivity contribution in [3.63, 3.8) is 0 Å². The maximum Gasteiger partial charge on any atom is 0.265 e. The molecular weight excluding hydrogens is 280 g/mol. The Morgan fingerprint density at radius 3 is 2.89 bits per heavy atom. The van der Waals surface area contributed by atoms with E-state index < -0.39 is 0 Å². The molecule has 0 saturated heterocycles. The van der Waals surface area contributed by atoms with Crippen molar-refractivity contribution in [1.82, 2.24) is 4.98 Å². The van der Waals surface area contributed by atoms with E-state index >= 15 is 0 Å². The molecule has 0 spiro atoms. The molecule has 3 nitrogen and oxygen atoms in total. The van der Waals surface area contributed by atoms with Gasteiger partial charge in [-0.05, 0) is 37.3 Å². The van der Waals surface area contributed by atoms with Crippen LogP contribution in [-0.4, -0.2) is 10.9 Å². The highest BCUT2D eigenvalue weighted by molar-refractivity contribution is 7.18. The fraction of sp³-hybridized carbons (Fsp3) is 0.0714. The number of amides is 1. The fourth-order valence-electron chi connectivity index (χ4n) is 2.02. The Morgan fingerprint density at radius 1 is 1.32 bits per heavy atom. The highest BCUT2D eigenvalue weighted by atomic mass is 35.5. The highest BCUT2D eigenvalue weighted by Crippen LogP contribution is 2.26. The van der Waals surface area contributed by atoms with Crippen LogP contribution in [0.2, 0.25) is 4.34 Å². The van der Waals surface area contributed by atoms with Crippen LogP contribution >= 0.6 is 22.9 Å². The van der Waals surface area contributed by atoms with Crippen LogP contribution in [0.15, 0.2) is 36.4 Å². The number of thiophene rings is 1. The largest absolute Gasteiger partial charge is 0.359 e. The lowest BCUT2D eigenvalue weighted by atomic mass is 10.2. The molecule has 3 rings (SSSR count). The minimum atomic E-state index is -0.136. The van der Waals surface area contributed by atoms with Gasteiger partial charge in [-0.1, -0.05) is 17.7 Å². The van der Waals surface area contributed by atoms with Crippen LogP contribution in [0.1, 0.15) is 15.4 Å². The Hall–Kier alpha value is -1.78. The minimum Gasteiger partial charge on any atom is -0.359 e. The van der Waals surface area contributed by atoms with E-state index in [0.717, 1.165) is 22.3 Å². The molecule has 0 aliphatic carbocycles. The van der Waals surface area contributed by atoms with E-state index in [-0.39, 0.29) is 5.91 Å². The summed E-state index contributed by atoms with van der Waals surface area (Å²) >= 11 is 7.11. The zero-order valence-electron chi connectivity index (χ0n) is 10.2. The Balaban J connectivity index is 1.95. The molecule has 0 aliphatic rings. The van der Waals surface area contributed by atoms with Gasteiger partial charge in [0.05, 0.1) is 14.9 Å². The number of anilines is 1. The van der Waals surface area contributed by atoms with E-state index in [0.29, 0.717) is 9.21 Å². The molecule has 2 N–H and O–H groups in total. The fourth-order valence-corrected chi connectivity index (χ4v) is 2.96. The van der Waals surface area contributed by atoms with Crippen LogP contribution in [0.25, 0.3) is 10.9 Å². The summed E-state index contributed by atoms with van der Waals surface area (Å²) < 4.78 is 0.612. The molecule has 1 aromatic carbocycles. The van der Waals surface area contributed by atoms with Crippen molar-refractivity contribution < 1.29 is 4.79 Å². The van der Waals surface area contributed by atoms with Crippen molar-refractivity contribution >= 4 is 45.4 Å². The zero-order chi connectivity index (χ0) is 13.4. The lowest BCUT2D eigenvalue weighted by Gasteiger charge is -2.04. The Morgan fingerprint density at radius 2 is 2.16 bits per heavy atom. The standard InChI is InChI=1S/C14H11ClN2OS/c1-8-7-9-10(16-8)3-2-4-11(9)17-14(18)12-5-6-13(15)19-12/h2-7,16H,1H3,(H,17,18). The molecule has 0 saturated carbocycles. The van der Waals surface area contributed by atoms with Crippen LogP contribution in [-0.2, 0) is 0 Å². The molecule has 0 unspecified atom stereocenters. The SMILES string of the molecule is Cc1cc2c(NC(=O)c3ccc(Cl)s3)cccc2[nH]1. The van der Waals surface area contributed by atoms with Crippen LogP contribution in [0.5, 0.6) is 0 Å². The zero-order valence-corrected chi connectivity index (χ0v) is 11.7. The summed E-state index contributed by atoms with van der Waals surface area (Å²) in [5, 5.41) is 3.93. The van der Waals surface area contributed by atoms with Gasteiger partial charge in [-0.15, -0.1) is 11.3 Å². The maximum atomic E-state index is 12.1. The van der Waals surface area contributed by atoms with Crippen molar-refractivity contribution in [2.45, 2.75) is 6.92 Å². The predicted molar refractivity (Wildman–Crippen MR) is 80.3 cm³/mol. The topological polar surface area (TPSA) is 44.9 Å². The summed E-state index contributed by atoms with van der Waals surface area (Å²) in [6.45, 7) is 1.99. The van der Waals surface area contributed by atoms with Gasteiger partial charge in [-0.3, -0.25) is 4.79 Å². The van der Waals surface area contributed by atoms with E-state index in [9.17, 15) is 4.79 Å². The molecule has 0 atom stereocenters. The number of carbonyl (C=O) groups excluding carboxylic acids is 1. The van der Waals surface area contributed by atoms with Crippen LogP contribution in [0.4, 0.5) is 5.69 Å². The summed E-state index contributed by atoms with van der Waals surface area (Å²) in [5.74, 6) is -0.136. The van der Waals surface area contributed by atoms with Gasteiger partial charge in [-0.25, -0.2) is 0 Å². The van der Waals surface area contributed by atoms with Crippen molar-refractivity contribution in [2.75, 3.05) is 5.32 Å². The molecule has 96 valence electrons. The summed E-state index contributed by atoms with van der Waals surface area (Å²) in [7, 11) is 0. The van der Waals surface area contributed by atoms with Gasteiger partial charge in [0.15, 0.2) is 0 Å². The second-order valence-electron chi connectivity index (χ2n) is 4.28. The number of H-pyrrole nitrogens is 1. The van der Waals surface area contributed by atoms with Gasteiger partial charge >= 0.3 is 0 Å². The number of aryl methyl sites for hydroxylation is 1. The molecule has 2 heterocycles. The van der Waals surface area contributed by atoms with Crippen LogP contribution in [0, 0.1) is 6.92 Å². The Kier molecular flexibility index (Phi) is 3.05. The number of carbonyl (C=O) groups is 1. The number of hydrogen-bond acceptors (Lipinski definition) is 2. The van der Waals surface area contributed by atoms with Gasteiger partial charge < -0.3 is 10.3 Å². The van der Waals surface area contributed by atoms with Crippen LogP contribution in [0.3, 0.4) is 0 Å². The average molecular weight is 291 g/mol. The van der Waals surface area contributed by atoms with Crippen molar-refractivity contribution in [3.05, 3.63) is 51.3 Å². The first-order valence-electron chi connectivity index (χ1n) is 5.78. The number of rotatable bonds is 2. The number of nitrogens with one attached hydrogen (secondary N) is 2. The Labute approximate surface area is 119 Å². The molecule has 0 fully saturated rings. The van der Waals surface area contributed by atoms with Gasteiger partial charge in [0.1, 0.15) is 0 Å². The van der Waals surface area contributed by atoms with Gasteiger partial charge in [0.25, 0.3) is 5.91 Å². The molecule has 0 aliphatic heterocycles. The molecule has 3 aromatic rings. The summed E-state index contributed by atoms with van der Waals surface area (Å²) in [6.07, 6.45) is 0. The number of hydrogen-bond donors (Lipinski definition) is 2. The average Bonchev–Trinajstić information content (AvgIpc) is 2.95. The number of fused-ring (bicyclic) bond motifs is 1. The first kappa shape index (κ1) is 12.3. The van der Waals surface area contributed by atoms with Gasteiger partial charge in [0, 0.05) is 16.6 Å². The number of benzene rings is 1. The highest BCUT2D eigenvalue weighted by Gasteiger charge is 2.11. The van der Waals surface area contributed by atoms with E-state index in [1.54, 1.807) is 12.1 Å². The van der Waals surface area contributed by atoms with Gasteiger partial charge in [0.2, 0.25) is 0 Å². The predicted octanol–water partition coefficient (Wildman–Crippen LogP) is 4.44. The second-order valence-corrected chi connectivity index (χ2v) is 5.99. The molecule has 2 aromatic heterocycles. The van der Waals surface area contributed by atoms with Crippen molar-refractivity contribution in [1.29, 1.82) is 0 Å². The smallest absolute Gasteiger partial charge is 0.265 e. The lowest BCUT2D eigenvalue weighted by Crippen LogP contribution is -2.10. The van der Waals surface area contributed by atoms with Gasteiger partial charge in [-0.2, -0.15) is 0 Å². The first-order valence-corrected chi connectivity index (χ1v) is 6.98. The third kappa shape index (κ3) is 2.37. The molecular formula is C14H11ClN2OS. The second kappa shape index (κ2) is 4.72. The summed E-state index contributed by atoms with van der Waals surface area (Å²) in [6, 6.07) is 11.3. The van der Waals surface area contributed by atoms with E-state index in [1.807, 2.05) is 31.2 Å². The normalized spacial score (nSPS) is 10.8. The van der Waals surface area contributed by atoms with Crippen molar-refractivity contribution in [2.24, 2.45) is 0 Å². The monoisotopic (exact) mass is 290 g/mol. The molecule has 19 heavy (non-hydrogen) atoms. The summed E-state index contributed by atoms with van der Waals surface area (Å²) in [4.78, 5) is 16.0. The molecule has 5 heteroatoms. The quantitative estimate of drug-likeness (QED) is 0.720. The molecule has 0 bridgehead atoms. The molecule has 0 radical (unpaired) electrons. The van der Waals surface area contributed by atoms with Crippen molar-refractivity contribution in [3.8, 4) is 0 Å². The third-order valence-corrected chi connectivity index (χ3v) is 4.07. The third-order valence-electron chi connectivity index (χ3n) is 2.84. The minimum absolute atomic E-state index is 0.136. The van der Waals surface area contributed by atoms with E-state index in [2.05, 4.69) is 10.3 Å². The molecule has 1 amide bonds. The van der Waals surface area contributed by atoms with E-state index in [1.165, 1.54) is 11.3 Å². The van der Waals surface area contributed by atoms with E-state index in [4.69, 9.17) is 11.6 Å². The van der Waals surface area contributed by atoms with Crippen LogP contribution < -0.4 is 5.32 Å². The maximum absolute atomic E-state index is 12.1. The number of aromatic nitrogens is 1. The first-order chi connectivity index (χ1) is 9.13. The number of halogens is 1. The lowest BCUT2D eigenvalue weighted by molar-refractivity contribution is 0.103. The Bertz CT molecular complexity index is 760.